The number of rotatable bonds is 8. The van der Waals surface area contributed by atoms with Gasteiger partial charge in [0.05, 0.1) is 18.3 Å². The average molecular weight is 447 g/mol. The lowest BCUT2D eigenvalue weighted by molar-refractivity contribution is -0.121. The molecule has 0 saturated carbocycles. The molecule has 1 fully saturated rings. The van der Waals surface area contributed by atoms with Crippen LogP contribution in [0.2, 0.25) is 0 Å². The largest absolute Gasteiger partial charge is 0.492 e. The molecule has 1 N–H and O–H groups in total. The van der Waals surface area contributed by atoms with Gasteiger partial charge < -0.3 is 19.7 Å². The van der Waals surface area contributed by atoms with E-state index in [0.717, 1.165) is 0 Å². The molecule has 1 aliphatic rings. The van der Waals surface area contributed by atoms with Crippen molar-refractivity contribution in [2.75, 3.05) is 38.1 Å². The number of hydrogen-bond acceptors (Lipinski definition) is 5. The molecule has 0 aromatic heterocycles. The van der Waals surface area contributed by atoms with Gasteiger partial charge in [-0.25, -0.2) is 0 Å². The number of benzene rings is 2. The third kappa shape index (κ3) is 5.94. The van der Waals surface area contributed by atoms with Crippen LogP contribution in [-0.4, -0.2) is 67.1 Å². The van der Waals surface area contributed by atoms with Gasteiger partial charge in [-0.05, 0) is 44.2 Å². The summed E-state index contributed by atoms with van der Waals surface area (Å²) in [7, 11) is 0. The van der Waals surface area contributed by atoms with Gasteiger partial charge in [0.15, 0.2) is 0 Å². The Bertz CT molecular complexity index is 933. The van der Waals surface area contributed by atoms with E-state index in [9.17, 15) is 18.4 Å². The van der Waals surface area contributed by atoms with Gasteiger partial charge in [0.1, 0.15) is 11.5 Å². The standard InChI is InChI=1S/C23H27F2N3O4/c1-3-31-20-10-5-4-9-19(20)26-21(29)16(2)27-11-13-28(14-12-27)22(30)17-7-6-8-18(15-17)32-23(24)25/h4-10,15-16,23H,3,11-14H2,1-2H3,(H,26,29). The summed E-state index contributed by atoms with van der Waals surface area (Å²) < 4.78 is 34.8. The van der Waals surface area contributed by atoms with E-state index in [1.165, 1.54) is 18.2 Å². The Morgan fingerprint density at radius 3 is 2.47 bits per heavy atom. The Kier molecular flexibility index (Phi) is 7.99. The summed E-state index contributed by atoms with van der Waals surface area (Å²) in [5.41, 5.74) is 0.904. The molecule has 9 heteroatoms. The van der Waals surface area contributed by atoms with Crippen molar-refractivity contribution >= 4 is 17.5 Å². The Hall–Kier alpha value is -3.20. The summed E-state index contributed by atoms with van der Waals surface area (Å²) in [6.07, 6.45) is 0. The summed E-state index contributed by atoms with van der Waals surface area (Å²) >= 11 is 0. The first-order valence-corrected chi connectivity index (χ1v) is 10.5. The molecule has 2 aromatic carbocycles. The quantitative estimate of drug-likeness (QED) is 0.671. The first kappa shape index (κ1) is 23.5. The predicted molar refractivity (Wildman–Crippen MR) is 116 cm³/mol. The minimum atomic E-state index is -2.95. The summed E-state index contributed by atoms with van der Waals surface area (Å²) in [5.74, 6) is 0.145. The SMILES string of the molecule is CCOc1ccccc1NC(=O)C(C)N1CCN(C(=O)c2cccc(OC(F)F)c2)CC1. The van der Waals surface area contributed by atoms with Crippen LogP contribution in [0.4, 0.5) is 14.5 Å². The molecule has 0 aliphatic carbocycles. The number of anilines is 1. The van der Waals surface area contributed by atoms with Crippen molar-refractivity contribution in [2.45, 2.75) is 26.5 Å². The fraction of sp³-hybridized carbons (Fsp3) is 0.391. The molecule has 1 heterocycles. The number of nitrogens with one attached hydrogen (secondary N) is 1. The molecule has 1 saturated heterocycles. The molecular formula is C23H27F2N3O4. The van der Waals surface area contributed by atoms with Crippen molar-refractivity contribution in [1.82, 2.24) is 9.80 Å². The van der Waals surface area contributed by atoms with Crippen LogP contribution >= 0.6 is 0 Å². The Labute approximate surface area is 185 Å². The third-order valence-corrected chi connectivity index (χ3v) is 5.28. The number of hydrogen-bond donors (Lipinski definition) is 1. The first-order chi connectivity index (χ1) is 15.4. The lowest BCUT2D eigenvalue weighted by Gasteiger charge is -2.37. The van der Waals surface area contributed by atoms with Crippen LogP contribution in [0.25, 0.3) is 0 Å². The molecule has 32 heavy (non-hydrogen) atoms. The van der Waals surface area contributed by atoms with E-state index in [-0.39, 0.29) is 23.1 Å². The number of nitrogens with zero attached hydrogens (tertiary/aromatic N) is 2. The van der Waals surface area contributed by atoms with Gasteiger partial charge in [0, 0.05) is 31.7 Å². The summed E-state index contributed by atoms with van der Waals surface area (Å²) in [4.78, 5) is 29.2. The Morgan fingerprint density at radius 1 is 1.06 bits per heavy atom. The third-order valence-electron chi connectivity index (χ3n) is 5.28. The van der Waals surface area contributed by atoms with Gasteiger partial charge in [0.2, 0.25) is 5.91 Å². The Morgan fingerprint density at radius 2 is 1.78 bits per heavy atom. The van der Waals surface area contributed by atoms with E-state index in [0.29, 0.717) is 44.2 Å². The lowest BCUT2D eigenvalue weighted by atomic mass is 10.1. The molecule has 1 atom stereocenters. The van der Waals surface area contributed by atoms with E-state index >= 15 is 0 Å². The highest BCUT2D eigenvalue weighted by Crippen LogP contribution is 2.24. The molecule has 0 bridgehead atoms. The zero-order chi connectivity index (χ0) is 23.1. The predicted octanol–water partition coefficient (Wildman–Crippen LogP) is 3.47. The maximum atomic E-state index is 12.8. The van der Waals surface area contributed by atoms with Crippen molar-refractivity contribution in [3.63, 3.8) is 0 Å². The van der Waals surface area contributed by atoms with Gasteiger partial charge in [-0.3, -0.25) is 14.5 Å². The molecule has 1 unspecified atom stereocenters. The molecule has 0 spiro atoms. The zero-order valence-corrected chi connectivity index (χ0v) is 18.1. The number of piperazine rings is 1. The van der Waals surface area contributed by atoms with Crippen LogP contribution in [0.5, 0.6) is 11.5 Å². The van der Waals surface area contributed by atoms with Gasteiger partial charge in [0.25, 0.3) is 5.91 Å². The van der Waals surface area contributed by atoms with Crippen molar-refractivity contribution in [1.29, 1.82) is 0 Å². The fourth-order valence-corrected chi connectivity index (χ4v) is 3.55. The fourth-order valence-electron chi connectivity index (χ4n) is 3.55. The van der Waals surface area contributed by atoms with Crippen molar-refractivity contribution in [3.8, 4) is 11.5 Å². The van der Waals surface area contributed by atoms with E-state index in [2.05, 4.69) is 10.1 Å². The summed E-state index contributed by atoms with van der Waals surface area (Å²) in [6.45, 7) is 3.12. The number of carbonyl (C=O) groups excluding carboxylic acids is 2. The molecule has 1 aliphatic heterocycles. The zero-order valence-electron chi connectivity index (χ0n) is 18.1. The van der Waals surface area contributed by atoms with Gasteiger partial charge in [-0.2, -0.15) is 8.78 Å². The van der Waals surface area contributed by atoms with Crippen LogP contribution < -0.4 is 14.8 Å². The molecule has 2 aromatic rings. The molecular weight excluding hydrogens is 420 g/mol. The van der Waals surface area contributed by atoms with Crippen molar-refractivity contribution in [2.24, 2.45) is 0 Å². The second kappa shape index (κ2) is 10.9. The second-order valence-corrected chi connectivity index (χ2v) is 7.33. The number of para-hydroxylation sites is 2. The monoisotopic (exact) mass is 447 g/mol. The number of amides is 2. The summed E-state index contributed by atoms with van der Waals surface area (Å²) in [6, 6.07) is 12.6. The number of carbonyl (C=O) groups is 2. The van der Waals surface area contributed by atoms with Gasteiger partial charge in [-0.15, -0.1) is 0 Å². The number of ether oxygens (including phenoxy) is 2. The minimum Gasteiger partial charge on any atom is -0.492 e. The van der Waals surface area contributed by atoms with Crippen LogP contribution in [0.3, 0.4) is 0 Å². The van der Waals surface area contributed by atoms with E-state index in [1.807, 2.05) is 30.9 Å². The van der Waals surface area contributed by atoms with Gasteiger partial charge in [-0.1, -0.05) is 18.2 Å². The second-order valence-electron chi connectivity index (χ2n) is 7.33. The molecule has 2 amide bonds. The highest BCUT2D eigenvalue weighted by atomic mass is 19.3. The topological polar surface area (TPSA) is 71.1 Å². The molecule has 0 radical (unpaired) electrons. The van der Waals surface area contributed by atoms with Crippen molar-refractivity contribution < 1.29 is 27.8 Å². The Balaban J connectivity index is 1.56. The van der Waals surface area contributed by atoms with Crippen LogP contribution in [0.15, 0.2) is 48.5 Å². The summed E-state index contributed by atoms with van der Waals surface area (Å²) in [5, 5.41) is 2.91. The van der Waals surface area contributed by atoms with E-state index in [4.69, 9.17) is 4.74 Å². The highest BCUT2D eigenvalue weighted by Gasteiger charge is 2.28. The molecule has 7 nitrogen and oxygen atoms in total. The van der Waals surface area contributed by atoms with Crippen molar-refractivity contribution in [3.05, 3.63) is 54.1 Å². The maximum absolute atomic E-state index is 12.8. The van der Waals surface area contributed by atoms with Gasteiger partial charge >= 0.3 is 6.61 Å². The minimum absolute atomic E-state index is 0.0536. The highest BCUT2D eigenvalue weighted by molar-refractivity contribution is 5.96. The normalized spacial score (nSPS) is 15.3. The number of halogens is 2. The lowest BCUT2D eigenvalue weighted by Crippen LogP contribution is -2.54. The van der Waals surface area contributed by atoms with Crippen LogP contribution in [0, 0.1) is 0 Å². The first-order valence-electron chi connectivity index (χ1n) is 10.5. The van der Waals surface area contributed by atoms with E-state index in [1.54, 1.807) is 23.1 Å². The smallest absolute Gasteiger partial charge is 0.387 e. The molecule has 172 valence electrons. The average Bonchev–Trinajstić information content (AvgIpc) is 2.79. The maximum Gasteiger partial charge on any atom is 0.387 e. The molecule has 3 rings (SSSR count). The van der Waals surface area contributed by atoms with Crippen LogP contribution in [-0.2, 0) is 4.79 Å². The van der Waals surface area contributed by atoms with Crippen LogP contribution in [0.1, 0.15) is 24.2 Å². The van der Waals surface area contributed by atoms with E-state index < -0.39 is 12.7 Å². The number of alkyl halides is 2.